The van der Waals surface area contributed by atoms with Crippen LogP contribution in [0.1, 0.15) is 37.3 Å². The van der Waals surface area contributed by atoms with Crippen LogP contribution in [0.25, 0.3) is 0 Å². The fourth-order valence-corrected chi connectivity index (χ4v) is 4.08. The third-order valence-electron chi connectivity index (χ3n) is 5.78. The zero-order valence-corrected chi connectivity index (χ0v) is 19.7. The highest BCUT2D eigenvalue weighted by Crippen LogP contribution is 2.33. The Labute approximate surface area is 209 Å². The number of hydrogen-bond acceptors (Lipinski definition) is 4. The van der Waals surface area contributed by atoms with Gasteiger partial charge in [-0.25, -0.2) is 13.8 Å². The lowest BCUT2D eigenvalue weighted by Gasteiger charge is -2.27. The smallest absolute Gasteiger partial charge is 0.369 e. The van der Waals surface area contributed by atoms with Crippen molar-refractivity contribution >= 4 is 29.1 Å². The second-order valence-electron chi connectivity index (χ2n) is 8.83. The summed E-state index contributed by atoms with van der Waals surface area (Å²) in [5.74, 6) is -10.7. The van der Waals surface area contributed by atoms with Gasteiger partial charge >= 0.3 is 6.18 Å². The van der Waals surface area contributed by atoms with Gasteiger partial charge in [0, 0.05) is 24.0 Å². The number of hydrogen-bond donors (Lipinski definition) is 3. The molecule has 12 heteroatoms. The first kappa shape index (κ1) is 27.8. The van der Waals surface area contributed by atoms with E-state index in [1.54, 1.807) is 54.6 Å². The third-order valence-corrected chi connectivity index (χ3v) is 5.78. The van der Waals surface area contributed by atoms with Crippen LogP contribution in [-0.2, 0) is 14.4 Å². The molecule has 0 fully saturated rings. The second-order valence-corrected chi connectivity index (χ2v) is 8.83. The van der Waals surface area contributed by atoms with Crippen LogP contribution in [0.15, 0.2) is 59.6 Å². The summed E-state index contributed by atoms with van der Waals surface area (Å²) in [6.07, 6.45) is -10.1. The van der Waals surface area contributed by atoms with Crippen LogP contribution in [-0.4, -0.2) is 41.7 Å². The minimum absolute atomic E-state index is 0.304. The van der Waals surface area contributed by atoms with E-state index in [1.807, 2.05) is 0 Å². The average molecular weight is 524 g/mol. The van der Waals surface area contributed by atoms with Gasteiger partial charge in [-0.2, -0.15) is 13.2 Å². The van der Waals surface area contributed by atoms with Crippen molar-refractivity contribution in [3.8, 4) is 0 Å². The Morgan fingerprint density at radius 1 is 1.03 bits per heavy atom. The number of nitrogens with zero attached hydrogens (tertiary/aromatic N) is 1. The maximum Gasteiger partial charge on any atom is 0.389 e. The summed E-state index contributed by atoms with van der Waals surface area (Å²) in [5.41, 5.74) is 7.01. The highest BCUT2D eigenvalue weighted by molar-refractivity contribution is 6.19. The van der Waals surface area contributed by atoms with Gasteiger partial charge in [0.1, 0.15) is 0 Å². The number of benzodiazepines with no additional fused rings is 1. The van der Waals surface area contributed by atoms with Crippen LogP contribution in [0.2, 0.25) is 0 Å². The lowest BCUT2D eigenvalue weighted by atomic mass is 9.83. The number of nitrogens with one attached hydrogen (secondary N) is 2. The number of carbonyl (C=O) groups excluding carboxylic acids is 3. The summed E-state index contributed by atoms with van der Waals surface area (Å²) in [6.45, 7) is 0.466. The predicted octanol–water partition coefficient (Wildman–Crippen LogP) is 4.02. The lowest BCUT2D eigenvalue weighted by molar-refractivity contribution is -0.148. The molecule has 0 saturated heterocycles. The van der Waals surface area contributed by atoms with E-state index < -0.39 is 67.1 Å². The van der Waals surface area contributed by atoms with Gasteiger partial charge in [0.2, 0.25) is 23.9 Å². The molecule has 1 heterocycles. The fourth-order valence-electron chi connectivity index (χ4n) is 4.08. The summed E-state index contributed by atoms with van der Waals surface area (Å²) < 4.78 is 66.4. The minimum atomic E-state index is -4.73. The maximum absolute atomic E-state index is 13.7. The van der Waals surface area contributed by atoms with E-state index >= 15 is 0 Å². The zero-order chi connectivity index (χ0) is 27.4. The van der Waals surface area contributed by atoms with Crippen molar-refractivity contribution in [1.82, 2.24) is 5.32 Å². The number of nitrogens with two attached hydrogens (primary N) is 1. The van der Waals surface area contributed by atoms with Gasteiger partial charge in [0.05, 0.1) is 23.2 Å². The van der Waals surface area contributed by atoms with Gasteiger partial charge in [-0.05, 0) is 19.4 Å². The second kappa shape index (κ2) is 11.1. The van der Waals surface area contributed by atoms with Gasteiger partial charge < -0.3 is 16.4 Å². The zero-order valence-electron chi connectivity index (χ0n) is 19.7. The molecule has 3 amide bonds. The molecule has 1 unspecified atom stereocenters. The molecule has 7 nitrogen and oxygen atoms in total. The number of alkyl halides is 5. The Bertz CT molecular complexity index is 1180. The molecular formula is C25H25F5N4O3. The molecule has 0 bridgehead atoms. The Balaban J connectivity index is 1.99. The van der Waals surface area contributed by atoms with E-state index in [0.717, 1.165) is 0 Å². The normalized spacial score (nSPS) is 17.5. The van der Waals surface area contributed by atoms with Crippen molar-refractivity contribution in [2.24, 2.45) is 22.6 Å². The van der Waals surface area contributed by atoms with Crippen LogP contribution < -0.4 is 16.4 Å². The third kappa shape index (κ3) is 7.58. The minimum Gasteiger partial charge on any atom is -0.369 e. The number of primary amides is 1. The molecule has 2 aromatic carbocycles. The average Bonchev–Trinajstić information content (AvgIpc) is 2.93. The first-order valence-electron chi connectivity index (χ1n) is 11.3. The molecule has 3 atom stereocenters. The van der Waals surface area contributed by atoms with Crippen molar-refractivity contribution in [2.45, 2.75) is 44.5 Å². The van der Waals surface area contributed by atoms with E-state index in [4.69, 9.17) is 5.73 Å². The number of carbonyl (C=O) groups is 3. The topological polar surface area (TPSA) is 114 Å². The monoisotopic (exact) mass is 524 g/mol. The molecule has 0 radical (unpaired) electrons. The van der Waals surface area contributed by atoms with Crippen LogP contribution in [0.5, 0.6) is 0 Å². The van der Waals surface area contributed by atoms with E-state index in [1.165, 1.54) is 0 Å². The summed E-state index contributed by atoms with van der Waals surface area (Å²) in [7, 11) is 0. The van der Waals surface area contributed by atoms with Gasteiger partial charge in [0.25, 0.3) is 5.91 Å². The largest absolute Gasteiger partial charge is 0.389 e. The quantitative estimate of drug-likeness (QED) is 0.431. The molecule has 198 valence electrons. The highest BCUT2D eigenvalue weighted by atomic mass is 19.4. The Kier molecular flexibility index (Phi) is 8.29. The Morgan fingerprint density at radius 2 is 1.65 bits per heavy atom. The highest BCUT2D eigenvalue weighted by Gasteiger charge is 2.42. The number of amides is 3. The number of rotatable bonds is 9. The fraction of sp³-hybridized carbons (Fsp3) is 0.360. The number of para-hydroxylation sites is 1. The van der Waals surface area contributed by atoms with Crippen LogP contribution in [0.3, 0.4) is 0 Å². The van der Waals surface area contributed by atoms with Crippen LogP contribution in [0, 0.1) is 11.8 Å². The summed E-state index contributed by atoms with van der Waals surface area (Å²) >= 11 is 0. The Hall–Kier alpha value is -3.83. The van der Waals surface area contributed by atoms with Gasteiger partial charge in [0.15, 0.2) is 0 Å². The number of aliphatic imine (C=N–C) groups is 1. The molecule has 0 aromatic heterocycles. The van der Waals surface area contributed by atoms with Gasteiger partial charge in [-0.1, -0.05) is 48.5 Å². The number of fused-ring (bicyclic) bond motifs is 1. The SMILES string of the molecule is CC(F)(F)CC(C(N)=O)[C@@H](CCC(F)(F)F)C(=O)N[C@H]1N=C(c2ccccc2)c2ccccc2NC1=O. The number of benzene rings is 2. The first-order chi connectivity index (χ1) is 17.2. The van der Waals surface area contributed by atoms with E-state index in [-0.39, 0.29) is 0 Å². The molecule has 0 spiro atoms. The summed E-state index contributed by atoms with van der Waals surface area (Å²) in [6, 6.07) is 15.3. The van der Waals surface area contributed by atoms with E-state index in [9.17, 15) is 36.3 Å². The van der Waals surface area contributed by atoms with E-state index in [2.05, 4.69) is 15.6 Å². The van der Waals surface area contributed by atoms with Gasteiger partial charge in [-0.3, -0.25) is 14.4 Å². The van der Waals surface area contributed by atoms with Gasteiger partial charge in [-0.15, -0.1) is 0 Å². The predicted molar refractivity (Wildman–Crippen MR) is 126 cm³/mol. The van der Waals surface area contributed by atoms with E-state index in [0.29, 0.717) is 29.4 Å². The number of anilines is 1. The number of halogens is 5. The van der Waals surface area contributed by atoms with Crippen molar-refractivity contribution < 1.29 is 36.3 Å². The molecule has 0 saturated carbocycles. The standard InChI is InChI=1S/C25H25F5N4O3/c1-24(26,27)13-17(20(31)35)15(11-12-25(28,29)30)22(36)34-21-23(37)32-18-10-6-5-9-16(18)19(33-21)14-7-3-2-4-8-14/h2-10,15,17,21H,11-13H2,1H3,(H2,31,35)(H,32,37)(H,34,36)/t15-,17?,21-/m1/s1. The molecule has 1 aliphatic rings. The lowest BCUT2D eigenvalue weighted by Crippen LogP contribution is -2.48. The molecule has 1 aliphatic heterocycles. The van der Waals surface area contributed by atoms with Crippen LogP contribution >= 0.6 is 0 Å². The summed E-state index contributed by atoms with van der Waals surface area (Å²) in [5, 5.41) is 4.85. The van der Waals surface area contributed by atoms with Crippen LogP contribution in [0.4, 0.5) is 27.6 Å². The first-order valence-corrected chi connectivity index (χ1v) is 11.3. The van der Waals surface area contributed by atoms with Crippen molar-refractivity contribution in [2.75, 3.05) is 5.32 Å². The molecule has 3 rings (SSSR count). The molecule has 2 aromatic rings. The van der Waals surface area contributed by atoms with Crippen molar-refractivity contribution in [3.63, 3.8) is 0 Å². The summed E-state index contributed by atoms with van der Waals surface area (Å²) in [4.78, 5) is 42.4. The molecular weight excluding hydrogens is 499 g/mol. The molecule has 0 aliphatic carbocycles. The molecule has 37 heavy (non-hydrogen) atoms. The van der Waals surface area contributed by atoms with Crippen molar-refractivity contribution in [3.05, 3.63) is 65.7 Å². The maximum atomic E-state index is 13.7. The molecule has 4 N–H and O–H groups in total. The van der Waals surface area contributed by atoms with Crippen molar-refractivity contribution in [1.29, 1.82) is 0 Å². The Morgan fingerprint density at radius 3 is 2.24 bits per heavy atom.